The van der Waals surface area contributed by atoms with Crippen molar-refractivity contribution in [2.24, 2.45) is 5.92 Å². The van der Waals surface area contributed by atoms with E-state index in [1.165, 1.54) is 0 Å². The summed E-state index contributed by atoms with van der Waals surface area (Å²) in [7, 11) is 3.32. The van der Waals surface area contributed by atoms with Gasteiger partial charge in [-0.3, -0.25) is 0 Å². The molecule has 3 aromatic rings. The molecule has 0 saturated carbocycles. The van der Waals surface area contributed by atoms with Gasteiger partial charge in [0.1, 0.15) is 23.2 Å². The molecule has 3 atom stereocenters. The van der Waals surface area contributed by atoms with Gasteiger partial charge in [0, 0.05) is 5.92 Å². The van der Waals surface area contributed by atoms with Crippen LogP contribution >= 0.6 is 0 Å². The van der Waals surface area contributed by atoms with Gasteiger partial charge >= 0.3 is 0 Å². The molecule has 0 bridgehead atoms. The maximum atomic E-state index is 9.40. The topological polar surface area (TPSA) is 60.5 Å². The molecular formula is C27H30O5. The Hall–Kier alpha value is -2.86. The van der Waals surface area contributed by atoms with Gasteiger partial charge in [0.15, 0.2) is 0 Å². The fraction of sp³-hybridized carbons (Fsp3) is 0.333. The summed E-state index contributed by atoms with van der Waals surface area (Å²) in [6.45, 7) is 2.60. The Morgan fingerprint density at radius 2 is 1.31 bits per heavy atom. The van der Waals surface area contributed by atoms with Crippen molar-refractivity contribution in [2.45, 2.75) is 24.7 Å². The van der Waals surface area contributed by atoms with Crippen LogP contribution in [0.1, 0.15) is 23.6 Å². The van der Waals surface area contributed by atoms with Gasteiger partial charge in [-0.05, 0) is 41.0 Å². The summed E-state index contributed by atoms with van der Waals surface area (Å²) in [6.07, 6.45) is -0.0816. The largest absolute Gasteiger partial charge is 0.497 e. The first kappa shape index (κ1) is 22.3. The van der Waals surface area contributed by atoms with E-state index in [1.807, 2.05) is 66.7 Å². The number of ether oxygens (including phenoxy) is 4. The highest BCUT2D eigenvalue weighted by Gasteiger charge is 2.44. The standard InChI is InChI=1S/C27H30O5/c1-19(26-25(17-28)32-26)18-31-27(20-7-5-4-6-8-20,21-9-13-23(29-2)14-10-21)22-11-15-24(30-3)16-12-22/h4-16,19,25-26,28H,17-18H2,1-3H3/t19-,25-,26-/m1/s1. The molecule has 5 nitrogen and oxygen atoms in total. The zero-order valence-corrected chi connectivity index (χ0v) is 18.7. The van der Waals surface area contributed by atoms with Crippen LogP contribution in [0.3, 0.4) is 0 Å². The lowest BCUT2D eigenvalue weighted by atomic mass is 9.80. The van der Waals surface area contributed by atoms with Crippen LogP contribution in [0.5, 0.6) is 11.5 Å². The second-order valence-corrected chi connectivity index (χ2v) is 8.11. The molecule has 0 radical (unpaired) electrons. The minimum atomic E-state index is -0.836. The first-order valence-electron chi connectivity index (χ1n) is 10.9. The van der Waals surface area contributed by atoms with Crippen LogP contribution in [-0.2, 0) is 15.1 Å². The molecule has 1 heterocycles. The molecular weight excluding hydrogens is 404 g/mol. The van der Waals surface area contributed by atoms with Gasteiger partial charge in [-0.15, -0.1) is 0 Å². The average Bonchev–Trinajstić information content (AvgIpc) is 3.66. The smallest absolute Gasteiger partial charge is 0.143 e. The predicted octanol–water partition coefficient (Wildman–Crippen LogP) is 4.41. The number of epoxide rings is 1. The van der Waals surface area contributed by atoms with Crippen LogP contribution in [0, 0.1) is 5.92 Å². The van der Waals surface area contributed by atoms with E-state index in [-0.39, 0.29) is 24.7 Å². The number of rotatable bonds is 10. The van der Waals surface area contributed by atoms with Crippen molar-refractivity contribution in [1.82, 2.24) is 0 Å². The highest BCUT2D eigenvalue weighted by molar-refractivity contribution is 5.49. The van der Waals surface area contributed by atoms with Gasteiger partial charge < -0.3 is 24.1 Å². The van der Waals surface area contributed by atoms with Crippen LogP contribution in [-0.4, -0.2) is 44.7 Å². The summed E-state index contributed by atoms with van der Waals surface area (Å²) >= 11 is 0. The van der Waals surface area contributed by atoms with E-state index in [2.05, 4.69) is 19.1 Å². The molecule has 1 aliphatic rings. The lowest BCUT2D eigenvalue weighted by molar-refractivity contribution is -0.00964. The molecule has 0 unspecified atom stereocenters. The fourth-order valence-corrected chi connectivity index (χ4v) is 4.23. The zero-order chi connectivity index (χ0) is 22.6. The summed E-state index contributed by atoms with van der Waals surface area (Å²) in [6, 6.07) is 26.2. The Labute approximate surface area is 189 Å². The van der Waals surface area contributed by atoms with E-state index >= 15 is 0 Å². The lowest BCUT2D eigenvalue weighted by Crippen LogP contribution is -2.35. The van der Waals surface area contributed by atoms with E-state index < -0.39 is 5.60 Å². The maximum Gasteiger partial charge on any atom is 0.143 e. The maximum absolute atomic E-state index is 9.40. The minimum Gasteiger partial charge on any atom is -0.497 e. The van der Waals surface area contributed by atoms with E-state index in [1.54, 1.807) is 14.2 Å². The van der Waals surface area contributed by atoms with E-state index in [0.717, 1.165) is 28.2 Å². The number of hydrogen-bond acceptors (Lipinski definition) is 5. The first-order chi connectivity index (χ1) is 15.6. The van der Waals surface area contributed by atoms with Gasteiger partial charge in [0.2, 0.25) is 0 Å². The Morgan fingerprint density at radius 1 is 0.812 bits per heavy atom. The monoisotopic (exact) mass is 434 g/mol. The molecule has 1 N–H and O–H groups in total. The molecule has 0 amide bonds. The highest BCUT2D eigenvalue weighted by atomic mass is 16.6. The van der Waals surface area contributed by atoms with Crippen molar-refractivity contribution < 1.29 is 24.1 Å². The Kier molecular flexibility index (Phi) is 6.80. The van der Waals surface area contributed by atoms with Crippen molar-refractivity contribution in [1.29, 1.82) is 0 Å². The Morgan fingerprint density at radius 3 is 1.75 bits per heavy atom. The summed E-state index contributed by atoms with van der Waals surface area (Å²) in [5, 5.41) is 9.40. The Bertz CT molecular complexity index is 937. The molecule has 168 valence electrons. The van der Waals surface area contributed by atoms with Gasteiger partial charge in [-0.25, -0.2) is 0 Å². The number of methoxy groups -OCH3 is 2. The van der Waals surface area contributed by atoms with Crippen molar-refractivity contribution in [3.05, 3.63) is 95.6 Å². The van der Waals surface area contributed by atoms with Crippen molar-refractivity contribution in [2.75, 3.05) is 27.4 Å². The van der Waals surface area contributed by atoms with E-state index in [0.29, 0.717) is 6.61 Å². The third-order valence-electron chi connectivity index (χ3n) is 6.10. The second-order valence-electron chi connectivity index (χ2n) is 8.11. The summed E-state index contributed by atoms with van der Waals surface area (Å²) in [4.78, 5) is 0. The third-order valence-corrected chi connectivity index (χ3v) is 6.10. The van der Waals surface area contributed by atoms with Crippen molar-refractivity contribution >= 4 is 0 Å². The average molecular weight is 435 g/mol. The second kappa shape index (κ2) is 9.74. The van der Waals surface area contributed by atoms with Crippen LogP contribution in [0.4, 0.5) is 0 Å². The SMILES string of the molecule is COc1ccc(C(OC[C@@H](C)[C@H]2O[C@@H]2CO)(c2ccccc2)c2ccc(OC)cc2)cc1. The van der Waals surface area contributed by atoms with Gasteiger partial charge in [0.25, 0.3) is 0 Å². The van der Waals surface area contributed by atoms with Crippen LogP contribution in [0.25, 0.3) is 0 Å². The quantitative estimate of drug-likeness (QED) is 0.378. The van der Waals surface area contributed by atoms with Gasteiger partial charge in [-0.2, -0.15) is 0 Å². The summed E-state index contributed by atoms with van der Waals surface area (Å²) in [5.74, 6) is 1.71. The Balaban J connectivity index is 1.80. The van der Waals surface area contributed by atoms with Crippen molar-refractivity contribution in [3.8, 4) is 11.5 Å². The number of hydrogen-bond donors (Lipinski definition) is 1. The molecule has 1 fully saturated rings. The number of aliphatic hydroxyl groups is 1. The summed E-state index contributed by atoms with van der Waals surface area (Å²) in [5.41, 5.74) is 2.19. The molecule has 0 spiro atoms. The summed E-state index contributed by atoms with van der Waals surface area (Å²) < 4.78 is 23.2. The predicted molar refractivity (Wildman–Crippen MR) is 123 cm³/mol. The van der Waals surface area contributed by atoms with Crippen LogP contribution < -0.4 is 9.47 Å². The molecule has 1 saturated heterocycles. The normalized spacial score (nSPS) is 18.8. The molecule has 0 aliphatic carbocycles. The number of aliphatic hydroxyl groups excluding tert-OH is 1. The van der Waals surface area contributed by atoms with Gasteiger partial charge in [0.05, 0.1) is 33.5 Å². The highest BCUT2D eigenvalue weighted by Crippen LogP contribution is 2.42. The van der Waals surface area contributed by atoms with Gasteiger partial charge in [-0.1, -0.05) is 61.5 Å². The fourth-order valence-electron chi connectivity index (χ4n) is 4.23. The van der Waals surface area contributed by atoms with E-state index in [4.69, 9.17) is 18.9 Å². The third kappa shape index (κ3) is 4.37. The van der Waals surface area contributed by atoms with E-state index in [9.17, 15) is 5.11 Å². The van der Waals surface area contributed by atoms with Crippen molar-refractivity contribution in [3.63, 3.8) is 0 Å². The molecule has 32 heavy (non-hydrogen) atoms. The van der Waals surface area contributed by atoms with Crippen LogP contribution in [0.15, 0.2) is 78.9 Å². The molecule has 1 aliphatic heterocycles. The lowest BCUT2D eigenvalue weighted by Gasteiger charge is -2.37. The molecule has 3 aromatic carbocycles. The molecule has 0 aromatic heterocycles. The minimum absolute atomic E-state index is 0.0141. The zero-order valence-electron chi connectivity index (χ0n) is 18.7. The molecule has 4 rings (SSSR count). The van der Waals surface area contributed by atoms with Crippen LogP contribution in [0.2, 0.25) is 0 Å². The number of benzene rings is 3. The molecule has 5 heteroatoms. The first-order valence-corrected chi connectivity index (χ1v) is 10.9.